The van der Waals surface area contributed by atoms with Gasteiger partial charge >= 0.3 is 0 Å². The van der Waals surface area contributed by atoms with Gasteiger partial charge in [0.05, 0.1) is 31.3 Å². The Kier molecular flexibility index (Phi) is 5.44. The summed E-state index contributed by atoms with van der Waals surface area (Å²) in [5.41, 5.74) is 5.78. The van der Waals surface area contributed by atoms with Gasteiger partial charge in [-0.25, -0.2) is 9.67 Å². The van der Waals surface area contributed by atoms with Crippen LogP contribution in [0.2, 0.25) is 0 Å². The lowest BCUT2D eigenvalue weighted by Gasteiger charge is -2.06. The third kappa shape index (κ3) is 3.88. The van der Waals surface area contributed by atoms with Crippen molar-refractivity contribution in [3.63, 3.8) is 0 Å². The third-order valence-electron chi connectivity index (χ3n) is 5.18. The molecule has 3 aromatic carbocycles. The first-order chi connectivity index (χ1) is 15.7. The number of ether oxygens (including phenoxy) is 2. The highest BCUT2D eigenvalue weighted by atomic mass is 32.1. The van der Waals surface area contributed by atoms with E-state index in [0.717, 1.165) is 50.4 Å². The molecule has 5 aromatic rings. The average molecular weight is 440 g/mol. The van der Waals surface area contributed by atoms with Crippen LogP contribution in [0.25, 0.3) is 38.9 Å². The topological polar surface area (TPSA) is 49.2 Å². The molecule has 0 atom stereocenters. The molecule has 0 aliphatic rings. The Labute approximate surface area is 190 Å². The van der Waals surface area contributed by atoms with Crippen LogP contribution in [0.5, 0.6) is 11.5 Å². The second kappa shape index (κ2) is 8.69. The number of hydrogen-bond donors (Lipinski definition) is 0. The summed E-state index contributed by atoms with van der Waals surface area (Å²) in [5, 5.41) is 7.80. The van der Waals surface area contributed by atoms with Crippen molar-refractivity contribution < 1.29 is 9.47 Å². The van der Waals surface area contributed by atoms with Crippen molar-refractivity contribution in [2.45, 2.75) is 0 Å². The van der Waals surface area contributed by atoms with E-state index >= 15 is 0 Å². The maximum Gasteiger partial charge on any atom is 0.211 e. The molecule has 0 bridgehead atoms. The summed E-state index contributed by atoms with van der Waals surface area (Å²) in [6.07, 6.45) is 0. The number of hydrogen-bond acceptors (Lipinski definition) is 5. The predicted molar refractivity (Wildman–Crippen MR) is 129 cm³/mol. The predicted octanol–water partition coefficient (Wildman–Crippen LogP) is 6.35. The van der Waals surface area contributed by atoms with Crippen LogP contribution in [0.1, 0.15) is 0 Å². The van der Waals surface area contributed by atoms with E-state index in [1.54, 1.807) is 25.6 Å². The van der Waals surface area contributed by atoms with Crippen molar-refractivity contribution in [2.75, 3.05) is 14.2 Å². The second-order valence-corrected chi connectivity index (χ2v) is 8.01. The van der Waals surface area contributed by atoms with Gasteiger partial charge in [0.1, 0.15) is 11.5 Å². The molecule has 2 heterocycles. The lowest BCUT2D eigenvalue weighted by atomic mass is 10.1. The average Bonchev–Trinajstić information content (AvgIpc) is 3.52. The SMILES string of the molecule is COc1cccc(-c2cc(-c3cccc(OC)c3)n(-c3nc(-c4ccccc4)cs3)n2)c1. The van der Waals surface area contributed by atoms with Crippen LogP contribution in [-0.2, 0) is 0 Å². The summed E-state index contributed by atoms with van der Waals surface area (Å²) >= 11 is 1.57. The zero-order valence-electron chi connectivity index (χ0n) is 17.7. The minimum Gasteiger partial charge on any atom is -0.497 e. The number of rotatable bonds is 6. The van der Waals surface area contributed by atoms with Crippen molar-refractivity contribution in [2.24, 2.45) is 0 Å². The Morgan fingerprint density at radius 1 is 0.688 bits per heavy atom. The van der Waals surface area contributed by atoms with Gasteiger partial charge in [0.2, 0.25) is 5.13 Å². The molecule has 32 heavy (non-hydrogen) atoms. The van der Waals surface area contributed by atoms with Crippen molar-refractivity contribution in [3.8, 4) is 50.4 Å². The number of aromatic nitrogens is 3. The monoisotopic (exact) mass is 439 g/mol. The normalized spacial score (nSPS) is 10.8. The summed E-state index contributed by atoms with van der Waals surface area (Å²) in [7, 11) is 3.34. The van der Waals surface area contributed by atoms with E-state index in [0.29, 0.717) is 0 Å². The highest BCUT2D eigenvalue weighted by Gasteiger charge is 2.17. The minimum absolute atomic E-state index is 0.792. The summed E-state index contributed by atoms with van der Waals surface area (Å²) in [6, 6.07) is 28.1. The molecule has 0 amide bonds. The number of methoxy groups -OCH3 is 2. The highest BCUT2D eigenvalue weighted by molar-refractivity contribution is 7.12. The summed E-state index contributed by atoms with van der Waals surface area (Å²) in [4.78, 5) is 4.88. The van der Waals surface area contributed by atoms with Gasteiger partial charge in [0.25, 0.3) is 0 Å². The van der Waals surface area contributed by atoms with Gasteiger partial charge in [-0.1, -0.05) is 54.6 Å². The fourth-order valence-electron chi connectivity index (χ4n) is 3.54. The summed E-state index contributed by atoms with van der Waals surface area (Å²) in [5.74, 6) is 1.59. The molecule has 0 radical (unpaired) electrons. The summed E-state index contributed by atoms with van der Waals surface area (Å²) in [6.45, 7) is 0. The van der Waals surface area contributed by atoms with Crippen molar-refractivity contribution in [3.05, 3.63) is 90.3 Å². The molecular weight excluding hydrogens is 418 g/mol. The Hall–Kier alpha value is -3.90. The van der Waals surface area contributed by atoms with Gasteiger partial charge < -0.3 is 9.47 Å². The van der Waals surface area contributed by atoms with Crippen LogP contribution in [0.3, 0.4) is 0 Å². The van der Waals surface area contributed by atoms with E-state index in [4.69, 9.17) is 19.6 Å². The summed E-state index contributed by atoms with van der Waals surface area (Å²) < 4.78 is 12.8. The lowest BCUT2D eigenvalue weighted by Crippen LogP contribution is -1.99. The van der Waals surface area contributed by atoms with Gasteiger partial charge in [0.15, 0.2) is 0 Å². The van der Waals surface area contributed by atoms with Crippen LogP contribution < -0.4 is 9.47 Å². The van der Waals surface area contributed by atoms with Crippen molar-refractivity contribution >= 4 is 11.3 Å². The molecule has 0 fully saturated rings. The van der Waals surface area contributed by atoms with Gasteiger partial charge in [0, 0.05) is 22.1 Å². The quantitative estimate of drug-likeness (QED) is 0.309. The fourth-order valence-corrected chi connectivity index (χ4v) is 4.34. The van der Waals surface area contributed by atoms with Crippen molar-refractivity contribution in [1.82, 2.24) is 14.8 Å². The minimum atomic E-state index is 0.792. The van der Waals surface area contributed by atoms with E-state index in [-0.39, 0.29) is 0 Å². The zero-order valence-corrected chi connectivity index (χ0v) is 18.5. The Bertz CT molecular complexity index is 1360. The fraction of sp³-hybridized carbons (Fsp3) is 0.0769. The Morgan fingerprint density at radius 2 is 1.34 bits per heavy atom. The molecule has 0 aliphatic heterocycles. The standard InChI is InChI=1S/C26H21N3O2S/c1-30-21-12-6-10-19(14-21)23-16-25(20-11-7-13-22(15-20)31-2)29(28-23)26-27-24(17-32-26)18-8-4-3-5-9-18/h3-17H,1-2H3. The van der Waals surface area contributed by atoms with E-state index in [2.05, 4.69) is 29.6 Å². The van der Waals surface area contributed by atoms with Gasteiger partial charge in [-0.05, 0) is 30.3 Å². The van der Waals surface area contributed by atoms with E-state index in [1.165, 1.54) is 0 Å². The van der Waals surface area contributed by atoms with Gasteiger partial charge in [-0.3, -0.25) is 0 Å². The first kappa shape index (κ1) is 20.0. The maximum absolute atomic E-state index is 5.45. The largest absolute Gasteiger partial charge is 0.497 e. The van der Waals surface area contributed by atoms with Crippen molar-refractivity contribution in [1.29, 1.82) is 0 Å². The molecule has 2 aromatic heterocycles. The molecule has 5 rings (SSSR count). The number of benzene rings is 3. The van der Waals surface area contributed by atoms with Gasteiger partial charge in [-0.2, -0.15) is 5.10 Å². The molecule has 0 saturated carbocycles. The first-order valence-electron chi connectivity index (χ1n) is 10.2. The molecule has 5 nitrogen and oxygen atoms in total. The van der Waals surface area contributed by atoms with Crippen LogP contribution >= 0.6 is 11.3 Å². The molecule has 0 aliphatic carbocycles. The third-order valence-corrected chi connectivity index (χ3v) is 6.00. The second-order valence-electron chi connectivity index (χ2n) is 7.17. The smallest absolute Gasteiger partial charge is 0.211 e. The molecular formula is C26H21N3O2S. The number of nitrogens with zero attached hydrogens (tertiary/aromatic N) is 3. The number of thiazole rings is 1. The van der Waals surface area contributed by atoms with Gasteiger partial charge in [-0.15, -0.1) is 11.3 Å². The molecule has 0 unspecified atom stereocenters. The first-order valence-corrected chi connectivity index (χ1v) is 11.0. The van der Waals surface area contributed by atoms with E-state index in [1.807, 2.05) is 65.3 Å². The Balaban J connectivity index is 1.65. The highest BCUT2D eigenvalue weighted by Crippen LogP contribution is 2.33. The lowest BCUT2D eigenvalue weighted by molar-refractivity contribution is 0.415. The van der Waals surface area contributed by atoms with E-state index < -0.39 is 0 Å². The Morgan fingerprint density at radius 3 is 2.06 bits per heavy atom. The molecule has 158 valence electrons. The van der Waals surface area contributed by atoms with Crippen LogP contribution in [0.15, 0.2) is 90.3 Å². The van der Waals surface area contributed by atoms with E-state index in [9.17, 15) is 0 Å². The molecule has 6 heteroatoms. The molecule has 0 spiro atoms. The van der Waals surface area contributed by atoms with Crippen LogP contribution in [0, 0.1) is 0 Å². The molecule has 0 N–H and O–H groups in total. The van der Waals surface area contributed by atoms with Crippen LogP contribution in [-0.4, -0.2) is 29.0 Å². The van der Waals surface area contributed by atoms with Crippen LogP contribution in [0.4, 0.5) is 0 Å². The molecule has 0 saturated heterocycles. The maximum atomic E-state index is 5.45. The zero-order chi connectivity index (χ0) is 21.9.